The van der Waals surface area contributed by atoms with E-state index in [0.29, 0.717) is 16.6 Å². The van der Waals surface area contributed by atoms with Gasteiger partial charge < -0.3 is 4.74 Å². The second-order valence-electron chi connectivity index (χ2n) is 3.82. The fourth-order valence-corrected chi connectivity index (χ4v) is 1.99. The molecule has 0 amide bonds. The molecular formula is C14H11BrF2O. The van der Waals surface area contributed by atoms with Gasteiger partial charge in [0, 0.05) is 10.0 Å². The molecule has 0 aliphatic heterocycles. The molecule has 2 aromatic carbocycles. The maximum Gasteiger partial charge on any atom is 0.128 e. The second-order valence-corrected chi connectivity index (χ2v) is 4.67. The minimum Gasteiger partial charge on any atom is -0.372 e. The van der Waals surface area contributed by atoms with Gasteiger partial charge in [0.2, 0.25) is 0 Å². The van der Waals surface area contributed by atoms with Crippen LogP contribution in [0.3, 0.4) is 0 Å². The van der Waals surface area contributed by atoms with Crippen LogP contribution < -0.4 is 0 Å². The first-order chi connectivity index (χ1) is 8.66. The highest BCUT2D eigenvalue weighted by atomic mass is 79.9. The lowest BCUT2D eigenvalue weighted by molar-refractivity contribution is 0.104. The van der Waals surface area contributed by atoms with Crippen LogP contribution in [-0.4, -0.2) is 0 Å². The summed E-state index contributed by atoms with van der Waals surface area (Å²) in [6, 6.07) is 10.8. The maximum atomic E-state index is 13.3. The highest BCUT2D eigenvalue weighted by Crippen LogP contribution is 2.19. The lowest BCUT2D eigenvalue weighted by Gasteiger charge is -2.07. The Balaban J connectivity index is 1.95. The molecular weight excluding hydrogens is 302 g/mol. The summed E-state index contributed by atoms with van der Waals surface area (Å²) in [5, 5.41) is 0. The zero-order chi connectivity index (χ0) is 13.0. The summed E-state index contributed by atoms with van der Waals surface area (Å²) in [6.45, 7) is 0.492. The molecule has 0 aliphatic rings. The first kappa shape index (κ1) is 13.2. The smallest absolute Gasteiger partial charge is 0.128 e. The van der Waals surface area contributed by atoms with Crippen molar-refractivity contribution in [3.05, 3.63) is 69.7 Å². The lowest BCUT2D eigenvalue weighted by atomic mass is 10.2. The van der Waals surface area contributed by atoms with Crippen molar-refractivity contribution in [1.82, 2.24) is 0 Å². The molecule has 0 radical (unpaired) electrons. The van der Waals surface area contributed by atoms with Gasteiger partial charge in [0.25, 0.3) is 0 Å². The maximum absolute atomic E-state index is 13.3. The summed E-state index contributed by atoms with van der Waals surface area (Å²) in [5.41, 5.74) is 1.34. The Kier molecular flexibility index (Phi) is 4.44. The van der Waals surface area contributed by atoms with Gasteiger partial charge in [-0.2, -0.15) is 0 Å². The van der Waals surface area contributed by atoms with E-state index < -0.39 is 0 Å². The Labute approximate surface area is 113 Å². The van der Waals surface area contributed by atoms with Crippen molar-refractivity contribution < 1.29 is 13.5 Å². The molecule has 0 saturated heterocycles. The van der Waals surface area contributed by atoms with E-state index in [2.05, 4.69) is 15.9 Å². The molecule has 4 heteroatoms. The second kappa shape index (κ2) is 6.07. The van der Waals surface area contributed by atoms with Crippen LogP contribution in [0.15, 0.2) is 46.9 Å². The van der Waals surface area contributed by atoms with Crippen molar-refractivity contribution in [2.45, 2.75) is 13.2 Å². The molecule has 0 aliphatic carbocycles. The number of hydrogen-bond acceptors (Lipinski definition) is 1. The topological polar surface area (TPSA) is 9.23 Å². The molecule has 0 aromatic heterocycles. The number of ether oxygens (including phenoxy) is 1. The fraction of sp³-hybridized carbons (Fsp3) is 0.143. The summed E-state index contributed by atoms with van der Waals surface area (Å²) in [4.78, 5) is 0. The number of rotatable bonds is 4. The zero-order valence-corrected chi connectivity index (χ0v) is 11.1. The predicted octanol–water partition coefficient (Wildman–Crippen LogP) is 4.44. The molecule has 1 nitrogen and oxygen atoms in total. The summed E-state index contributed by atoms with van der Waals surface area (Å²) in [7, 11) is 0. The van der Waals surface area contributed by atoms with Gasteiger partial charge in [0.1, 0.15) is 11.6 Å². The first-order valence-electron chi connectivity index (χ1n) is 5.42. The van der Waals surface area contributed by atoms with Crippen LogP contribution in [0.1, 0.15) is 11.1 Å². The quantitative estimate of drug-likeness (QED) is 0.810. The van der Waals surface area contributed by atoms with E-state index in [1.165, 1.54) is 18.2 Å². The van der Waals surface area contributed by atoms with Crippen molar-refractivity contribution >= 4 is 15.9 Å². The van der Waals surface area contributed by atoms with E-state index in [-0.39, 0.29) is 18.2 Å². The molecule has 0 N–H and O–H groups in total. The number of hydrogen-bond donors (Lipinski definition) is 0. The summed E-state index contributed by atoms with van der Waals surface area (Å²) in [5.74, 6) is -0.588. The molecule has 0 heterocycles. The van der Waals surface area contributed by atoms with Crippen molar-refractivity contribution in [2.24, 2.45) is 0 Å². The van der Waals surface area contributed by atoms with Gasteiger partial charge in [-0.1, -0.05) is 40.2 Å². The summed E-state index contributed by atoms with van der Waals surface area (Å²) < 4.78 is 32.2. The van der Waals surface area contributed by atoms with Gasteiger partial charge in [0.15, 0.2) is 0 Å². The molecule has 2 rings (SSSR count). The minimum atomic E-state index is -0.306. The normalized spacial score (nSPS) is 10.6. The Morgan fingerprint density at radius 1 is 0.944 bits per heavy atom. The van der Waals surface area contributed by atoms with Crippen LogP contribution in [0.25, 0.3) is 0 Å². The molecule has 0 fully saturated rings. The Bertz CT molecular complexity index is 543. The summed E-state index contributed by atoms with van der Waals surface area (Å²) in [6.07, 6.45) is 0. The lowest BCUT2D eigenvalue weighted by Crippen LogP contribution is -1.97. The van der Waals surface area contributed by atoms with E-state index in [9.17, 15) is 8.78 Å². The molecule has 94 valence electrons. The first-order valence-corrected chi connectivity index (χ1v) is 6.21. The predicted molar refractivity (Wildman–Crippen MR) is 69.0 cm³/mol. The van der Waals surface area contributed by atoms with Crippen LogP contribution in [-0.2, 0) is 18.0 Å². The zero-order valence-electron chi connectivity index (χ0n) is 9.50. The highest BCUT2D eigenvalue weighted by molar-refractivity contribution is 9.10. The van der Waals surface area contributed by atoms with Gasteiger partial charge in [-0.25, -0.2) is 8.78 Å². The molecule has 18 heavy (non-hydrogen) atoms. The molecule has 0 atom stereocenters. The average molecular weight is 313 g/mol. The van der Waals surface area contributed by atoms with E-state index in [1.807, 2.05) is 0 Å². The van der Waals surface area contributed by atoms with E-state index in [0.717, 1.165) is 5.56 Å². The Hall–Kier alpha value is -1.26. The van der Waals surface area contributed by atoms with Crippen molar-refractivity contribution in [3.8, 4) is 0 Å². The SMILES string of the molecule is Fc1ccc(COCc2ccccc2F)c(Br)c1. The van der Waals surface area contributed by atoms with Crippen LogP contribution in [0.4, 0.5) is 8.78 Å². The molecule has 0 saturated carbocycles. The minimum absolute atomic E-state index is 0.191. The van der Waals surface area contributed by atoms with Crippen molar-refractivity contribution in [1.29, 1.82) is 0 Å². The van der Waals surface area contributed by atoms with Gasteiger partial charge in [-0.15, -0.1) is 0 Å². The van der Waals surface area contributed by atoms with Crippen LogP contribution in [0.5, 0.6) is 0 Å². The van der Waals surface area contributed by atoms with Crippen LogP contribution in [0.2, 0.25) is 0 Å². The molecule has 0 bridgehead atoms. The van der Waals surface area contributed by atoms with Gasteiger partial charge >= 0.3 is 0 Å². The Morgan fingerprint density at radius 2 is 1.67 bits per heavy atom. The van der Waals surface area contributed by atoms with E-state index >= 15 is 0 Å². The monoisotopic (exact) mass is 312 g/mol. The third-order valence-corrected chi connectivity index (χ3v) is 3.23. The van der Waals surface area contributed by atoms with E-state index in [1.54, 1.807) is 24.3 Å². The van der Waals surface area contributed by atoms with Gasteiger partial charge in [-0.05, 0) is 23.8 Å². The molecule has 0 unspecified atom stereocenters. The van der Waals surface area contributed by atoms with Gasteiger partial charge in [0.05, 0.1) is 13.2 Å². The number of benzene rings is 2. The standard InChI is InChI=1S/C14H11BrF2O/c15-13-7-12(16)6-5-10(13)8-18-9-11-3-1-2-4-14(11)17/h1-7H,8-9H2. The highest BCUT2D eigenvalue weighted by Gasteiger charge is 2.04. The Morgan fingerprint density at radius 3 is 2.39 bits per heavy atom. The third-order valence-electron chi connectivity index (χ3n) is 2.49. The van der Waals surface area contributed by atoms with E-state index in [4.69, 9.17) is 4.74 Å². The number of halogens is 3. The molecule has 0 spiro atoms. The third kappa shape index (κ3) is 3.37. The average Bonchev–Trinajstić information content (AvgIpc) is 2.34. The van der Waals surface area contributed by atoms with Crippen LogP contribution >= 0.6 is 15.9 Å². The van der Waals surface area contributed by atoms with Crippen molar-refractivity contribution in [3.63, 3.8) is 0 Å². The van der Waals surface area contributed by atoms with Crippen molar-refractivity contribution in [2.75, 3.05) is 0 Å². The fourth-order valence-electron chi connectivity index (χ4n) is 1.53. The summed E-state index contributed by atoms with van der Waals surface area (Å²) >= 11 is 3.25. The van der Waals surface area contributed by atoms with Crippen LogP contribution in [0, 0.1) is 11.6 Å². The van der Waals surface area contributed by atoms with Gasteiger partial charge in [-0.3, -0.25) is 0 Å². The molecule has 2 aromatic rings. The largest absolute Gasteiger partial charge is 0.372 e.